The van der Waals surface area contributed by atoms with Crippen LogP contribution in [0.25, 0.3) is 0 Å². The Morgan fingerprint density at radius 3 is 2.94 bits per heavy atom. The highest BCUT2D eigenvalue weighted by Gasteiger charge is 2.18. The summed E-state index contributed by atoms with van der Waals surface area (Å²) in [5.41, 5.74) is 0. The van der Waals surface area contributed by atoms with E-state index in [0.29, 0.717) is 0 Å². The van der Waals surface area contributed by atoms with Crippen LogP contribution in [0, 0.1) is 0 Å². The van der Waals surface area contributed by atoms with Gasteiger partial charge in [-0.1, -0.05) is 6.42 Å². The Kier molecular flexibility index (Phi) is 5.46. The first-order valence-electron chi connectivity index (χ1n) is 6.91. The van der Waals surface area contributed by atoms with Crippen LogP contribution in [0.5, 0.6) is 0 Å². The zero-order valence-corrected chi connectivity index (χ0v) is 11.4. The number of thioether (sulfide) groups is 1. The molecule has 2 nitrogen and oxygen atoms in total. The number of likely N-dealkylation sites (tertiary alicyclic amines) is 1. The molecule has 2 aliphatic rings. The minimum atomic E-state index is 0.791. The zero-order chi connectivity index (χ0) is 11.2. The highest BCUT2D eigenvalue weighted by atomic mass is 32.2. The molecule has 2 saturated heterocycles. The van der Waals surface area contributed by atoms with E-state index in [9.17, 15) is 0 Å². The maximum atomic E-state index is 3.73. The van der Waals surface area contributed by atoms with Crippen molar-refractivity contribution in [2.24, 2.45) is 0 Å². The number of hydrogen-bond acceptors (Lipinski definition) is 3. The van der Waals surface area contributed by atoms with Crippen molar-refractivity contribution in [1.29, 1.82) is 0 Å². The molecular weight excluding hydrogens is 216 g/mol. The Balaban J connectivity index is 1.59. The summed E-state index contributed by atoms with van der Waals surface area (Å²) >= 11 is 2.11. The third-order valence-corrected chi connectivity index (χ3v) is 5.15. The minimum absolute atomic E-state index is 0.791. The van der Waals surface area contributed by atoms with Crippen LogP contribution in [-0.2, 0) is 0 Å². The lowest BCUT2D eigenvalue weighted by molar-refractivity contribution is 0.160. The molecule has 0 amide bonds. The molecule has 2 aliphatic heterocycles. The van der Waals surface area contributed by atoms with Crippen molar-refractivity contribution in [3.05, 3.63) is 0 Å². The van der Waals surface area contributed by atoms with Crippen molar-refractivity contribution in [2.45, 2.75) is 51.1 Å². The summed E-state index contributed by atoms with van der Waals surface area (Å²) < 4.78 is 0. The van der Waals surface area contributed by atoms with E-state index in [1.165, 1.54) is 63.2 Å². The van der Waals surface area contributed by atoms with E-state index in [1.807, 2.05) is 0 Å². The van der Waals surface area contributed by atoms with Gasteiger partial charge < -0.3 is 5.32 Å². The van der Waals surface area contributed by atoms with Gasteiger partial charge in [0.2, 0.25) is 0 Å². The monoisotopic (exact) mass is 242 g/mol. The lowest BCUT2D eigenvalue weighted by atomic mass is 10.0. The summed E-state index contributed by atoms with van der Waals surface area (Å²) in [5.74, 6) is 2.71. The molecule has 2 unspecified atom stereocenters. The van der Waals surface area contributed by atoms with Gasteiger partial charge in [-0.3, -0.25) is 4.90 Å². The van der Waals surface area contributed by atoms with Gasteiger partial charge in [0.1, 0.15) is 0 Å². The van der Waals surface area contributed by atoms with E-state index >= 15 is 0 Å². The van der Waals surface area contributed by atoms with Gasteiger partial charge in [-0.15, -0.1) is 0 Å². The predicted molar refractivity (Wildman–Crippen MR) is 73.2 cm³/mol. The van der Waals surface area contributed by atoms with Gasteiger partial charge >= 0.3 is 0 Å². The first-order valence-corrected chi connectivity index (χ1v) is 8.07. The van der Waals surface area contributed by atoms with Crippen LogP contribution in [0.3, 0.4) is 0 Å². The fourth-order valence-electron chi connectivity index (χ4n) is 2.80. The standard InChI is InChI=1S/C13H26N2S/c1-12-5-2-3-8-15(12)9-7-14-13-6-4-10-16-11-13/h12-14H,2-11H2,1H3. The molecule has 0 radical (unpaired) electrons. The molecule has 1 N–H and O–H groups in total. The Morgan fingerprint density at radius 1 is 1.25 bits per heavy atom. The largest absolute Gasteiger partial charge is 0.312 e. The van der Waals surface area contributed by atoms with E-state index in [1.54, 1.807) is 0 Å². The Hall–Kier alpha value is 0.270. The Bertz CT molecular complexity index is 192. The fourth-order valence-corrected chi connectivity index (χ4v) is 3.91. The molecule has 0 bridgehead atoms. The highest BCUT2D eigenvalue weighted by Crippen LogP contribution is 2.17. The molecule has 2 rings (SSSR count). The number of nitrogens with zero attached hydrogens (tertiary/aromatic N) is 1. The van der Waals surface area contributed by atoms with E-state index < -0.39 is 0 Å². The van der Waals surface area contributed by atoms with Crippen molar-refractivity contribution in [3.8, 4) is 0 Å². The molecule has 2 fully saturated rings. The van der Waals surface area contributed by atoms with Crippen molar-refractivity contribution < 1.29 is 0 Å². The molecule has 0 aliphatic carbocycles. The number of nitrogens with one attached hydrogen (secondary N) is 1. The summed E-state index contributed by atoms with van der Waals surface area (Å²) in [6.07, 6.45) is 7.04. The molecule has 0 saturated carbocycles. The van der Waals surface area contributed by atoms with Crippen LogP contribution >= 0.6 is 11.8 Å². The summed E-state index contributed by atoms with van der Waals surface area (Å²) in [4.78, 5) is 2.66. The number of piperidine rings is 1. The van der Waals surface area contributed by atoms with Gasteiger partial charge in [0.25, 0.3) is 0 Å². The molecule has 2 heterocycles. The van der Waals surface area contributed by atoms with Crippen LogP contribution in [0.1, 0.15) is 39.0 Å². The average molecular weight is 242 g/mol. The van der Waals surface area contributed by atoms with E-state index in [-0.39, 0.29) is 0 Å². The van der Waals surface area contributed by atoms with Crippen molar-refractivity contribution >= 4 is 11.8 Å². The number of rotatable bonds is 4. The maximum absolute atomic E-state index is 3.73. The summed E-state index contributed by atoms with van der Waals surface area (Å²) in [5, 5.41) is 3.73. The van der Waals surface area contributed by atoms with Gasteiger partial charge in [-0.05, 0) is 44.9 Å². The average Bonchev–Trinajstić information content (AvgIpc) is 2.33. The number of hydrogen-bond donors (Lipinski definition) is 1. The van der Waals surface area contributed by atoms with Gasteiger partial charge in [0.05, 0.1) is 0 Å². The van der Waals surface area contributed by atoms with Crippen molar-refractivity contribution in [3.63, 3.8) is 0 Å². The summed E-state index contributed by atoms with van der Waals surface area (Å²) in [7, 11) is 0. The van der Waals surface area contributed by atoms with E-state index in [2.05, 4.69) is 28.9 Å². The molecule has 2 atom stereocenters. The fraction of sp³-hybridized carbons (Fsp3) is 1.00. The first-order chi connectivity index (χ1) is 7.86. The molecule has 94 valence electrons. The first kappa shape index (κ1) is 12.7. The second-order valence-electron chi connectivity index (χ2n) is 5.25. The van der Waals surface area contributed by atoms with Gasteiger partial charge in [-0.25, -0.2) is 0 Å². The lowest BCUT2D eigenvalue weighted by Crippen LogP contribution is -2.44. The SMILES string of the molecule is CC1CCCCN1CCNC1CCCSC1. The maximum Gasteiger partial charge on any atom is 0.0159 e. The third kappa shape index (κ3) is 3.94. The third-order valence-electron chi connectivity index (χ3n) is 3.93. The van der Waals surface area contributed by atoms with Gasteiger partial charge in [0, 0.05) is 30.9 Å². The molecule has 0 aromatic heterocycles. The lowest BCUT2D eigenvalue weighted by Gasteiger charge is -2.34. The Labute approximate surface area is 105 Å². The molecular formula is C13H26N2S. The second-order valence-corrected chi connectivity index (χ2v) is 6.40. The van der Waals surface area contributed by atoms with Crippen LogP contribution in [0.15, 0.2) is 0 Å². The smallest absolute Gasteiger partial charge is 0.0159 e. The predicted octanol–water partition coefficient (Wildman–Crippen LogP) is 2.35. The van der Waals surface area contributed by atoms with Crippen molar-refractivity contribution in [2.75, 3.05) is 31.1 Å². The molecule has 0 aromatic rings. The van der Waals surface area contributed by atoms with E-state index in [4.69, 9.17) is 0 Å². The minimum Gasteiger partial charge on any atom is -0.312 e. The Morgan fingerprint density at radius 2 is 2.19 bits per heavy atom. The normalized spacial score (nSPS) is 32.8. The summed E-state index contributed by atoms with van der Waals surface area (Å²) in [6.45, 7) is 6.15. The van der Waals surface area contributed by atoms with Gasteiger partial charge in [0.15, 0.2) is 0 Å². The molecule has 0 aromatic carbocycles. The zero-order valence-electron chi connectivity index (χ0n) is 10.6. The topological polar surface area (TPSA) is 15.3 Å². The van der Waals surface area contributed by atoms with Gasteiger partial charge in [-0.2, -0.15) is 11.8 Å². The molecule has 3 heteroatoms. The molecule has 16 heavy (non-hydrogen) atoms. The van der Waals surface area contributed by atoms with Crippen LogP contribution in [0.4, 0.5) is 0 Å². The van der Waals surface area contributed by atoms with Crippen LogP contribution in [0.2, 0.25) is 0 Å². The van der Waals surface area contributed by atoms with Crippen LogP contribution < -0.4 is 5.32 Å². The summed E-state index contributed by atoms with van der Waals surface area (Å²) in [6, 6.07) is 1.61. The van der Waals surface area contributed by atoms with Crippen molar-refractivity contribution in [1.82, 2.24) is 10.2 Å². The highest BCUT2D eigenvalue weighted by molar-refractivity contribution is 7.99. The molecule has 0 spiro atoms. The van der Waals surface area contributed by atoms with E-state index in [0.717, 1.165) is 12.1 Å². The second kappa shape index (κ2) is 6.87. The van der Waals surface area contributed by atoms with Crippen LogP contribution in [-0.4, -0.2) is 48.1 Å². The quantitative estimate of drug-likeness (QED) is 0.815.